The zero-order valence-electron chi connectivity index (χ0n) is 11.5. The molecule has 2 aliphatic heterocycles. The van der Waals surface area contributed by atoms with Gasteiger partial charge in [-0.3, -0.25) is 4.90 Å². The summed E-state index contributed by atoms with van der Waals surface area (Å²) < 4.78 is 0. The lowest BCUT2D eigenvalue weighted by Gasteiger charge is -2.23. The van der Waals surface area contributed by atoms with E-state index in [1.165, 1.54) is 32.4 Å². The van der Waals surface area contributed by atoms with Crippen molar-refractivity contribution in [2.45, 2.75) is 38.8 Å². The van der Waals surface area contributed by atoms with Crippen LogP contribution in [0.15, 0.2) is 6.20 Å². The minimum absolute atomic E-state index is 0.0164. The van der Waals surface area contributed by atoms with Crippen LogP contribution in [0.25, 0.3) is 0 Å². The third-order valence-corrected chi connectivity index (χ3v) is 4.34. The summed E-state index contributed by atoms with van der Waals surface area (Å²) in [5.74, 6) is 0.816. The number of likely N-dealkylation sites (tertiary alicyclic amines) is 1. The van der Waals surface area contributed by atoms with E-state index >= 15 is 0 Å². The highest BCUT2D eigenvalue weighted by atomic mass is 16.3. The van der Waals surface area contributed by atoms with Crippen molar-refractivity contribution in [3.05, 3.63) is 17.5 Å². The zero-order chi connectivity index (χ0) is 13.2. The fourth-order valence-corrected chi connectivity index (χ4v) is 3.12. The number of aromatic nitrogens is 2. The molecule has 5 nitrogen and oxygen atoms in total. The van der Waals surface area contributed by atoms with Gasteiger partial charge in [0.2, 0.25) is 5.95 Å². The van der Waals surface area contributed by atoms with Crippen LogP contribution >= 0.6 is 0 Å². The van der Waals surface area contributed by atoms with Gasteiger partial charge >= 0.3 is 0 Å². The molecule has 19 heavy (non-hydrogen) atoms. The lowest BCUT2D eigenvalue weighted by atomic mass is 10.2. The third kappa shape index (κ3) is 2.58. The standard InChI is InChI=1S/C14H22N4O/c1-11-12(10-19)8-15-14(16-11)18-7-4-13(9-18)17-5-2-3-6-17/h8,13,19H,2-7,9-10H2,1H3. The van der Waals surface area contributed by atoms with Crippen LogP contribution in [0.4, 0.5) is 5.95 Å². The van der Waals surface area contributed by atoms with Gasteiger partial charge in [0.25, 0.3) is 0 Å². The van der Waals surface area contributed by atoms with Crippen LogP contribution in [0.2, 0.25) is 0 Å². The van der Waals surface area contributed by atoms with E-state index in [9.17, 15) is 0 Å². The Morgan fingerprint density at radius 1 is 1.32 bits per heavy atom. The molecular formula is C14H22N4O. The highest BCUT2D eigenvalue weighted by Crippen LogP contribution is 2.23. The predicted octanol–water partition coefficient (Wildman–Crippen LogP) is 0.952. The number of hydrogen-bond donors (Lipinski definition) is 1. The monoisotopic (exact) mass is 262 g/mol. The summed E-state index contributed by atoms with van der Waals surface area (Å²) in [6.07, 6.45) is 5.65. The summed E-state index contributed by atoms with van der Waals surface area (Å²) in [5.41, 5.74) is 1.70. The Labute approximate surface area is 114 Å². The molecule has 0 aliphatic carbocycles. The second kappa shape index (κ2) is 5.43. The molecule has 3 heterocycles. The molecule has 0 saturated carbocycles. The van der Waals surface area contributed by atoms with Crippen molar-refractivity contribution in [1.29, 1.82) is 0 Å². The summed E-state index contributed by atoms with van der Waals surface area (Å²) in [4.78, 5) is 13.8. The van der Waals surface area contributed by atoms with Crippen molar-refractivity contribution >= 4 is 5.95 Å². The van der Waals surface area contributed by atoms with E-state index in [1.807, 2.05) is 6.92 Å². The number of aliphatic hydroxyl groups is 1. The molecule has 1 atom stereocenters. The topological polar surface area (TPSA) is 52.5 Å². The Hall–Kier alpha value is -1.20. The number of nitrogens with zero attached hydrogens (tertiary/aromatic N) is 4. The predicted molar refractivity (Wildman–Crippen MR) is 74.1 cm³/mol. The molecule has 1 aromatic rings. The van der Waals surface area contributed by atoms with Crippen LogP contribution in [0, 0.1) is 6.92 Å². The van der Waals surface area contributed by atoms with Crippen LogP contribution in [-0.2, 0) is 6.61 Å². The summed E-state index contributed by atoms with van der Waals surface area (Å²) in [5, 5.41) is 9.16. The highest BCUT2D eigenvalue weighted by Gasteiger charge is 2.30. The Bertz CT molecular complexity index is 445. The molecule has 0 amide bonds. The molecule has 104 valence electrons. The summed E-state index contributed by atoms with van der Waals surface area (Å²) >= 11 is 0. The molecule has 5 heteroatoms. The average molecular weight is 262 g/mol. The van der Waals surface area contributed by atoms with E-state index in [-0.39, 0.29) is 6.61 Å². The van der Waals surface area contributed by atoms with Gasteiger partial charge in [0.05, 0.1) is 6.61 Å². The van der Waals surface area contributed by atoms with Crippen LogP contribution in [0.3, 0.4) is 0 Å². The molecule has 1 N–H and O–H groups in total. The third-order valence-electron chi connectivity index (χ3n) is 4.34. The quantitative estimate of drug-likeness (QED) is 0.879. The summed E-state index contributed by atoms with van der Waals surface area (Å²) in [6, 6.07) is 0.670. The van der Waals surface area contributed by atoms with E-state index < -0.39 is 0 Å². The van der Waals surface area contributed by atoms with E-state index in [0.717, 1.165) is 30.3 Å². The number of aliphatic hydroxyl groups excluding tert-OH is 1. The molecule has 0 aromatic carbocycles. The van der Waals surface area contributed by atoms with E-state index in [4.69, 9.17) is 5.11 Å². The van der Waals surface area contributed by atoms with Crippen molar-refractivity contribution in [2.75, 3.05) is 31.1 Å². The zero-order valence-corrected chi connectivity index (χ0v) is 11.5. The fourth-order valence-electron chi connectivity index (χ4n) is 3.12. The molecule has 3 rings (SSSR count). The number of hydrogen-bond acceptors (Lipinski definition) is 5. The lowest BCUT2D eigenvalue weighted by molar-refractivity contribution is 0.260. The Kier molecular flexibility index (Phi) is 3.66. The summed E-state index contributed by atoms with van der Waals surface area (Å²) in [6.45, 7) is 6.54. The first kappa shape index (κ1) is 12.8. The Morgan fingerprint density at radius 3 is 2.79 bits per heavy atom. The fraction of sp³-hybridized carbons (Fsp3) is 0.714. The van der Waals surface area contributed by atoms with Gasteiger partial charge in [-0.15, -0.1) is 0 Å². The van der Waals surface area contributed by atoms with Gasteiger partial charge in [-0.1, -0.05) is 0 Å². The molecule has 0 bridgehead atoms. The Morgan fingerprint density at radius 2 is 2.11 bits per heavy atom. The van der Waals surface area contributed by atoms with Gasteiger partial charge in [-0.05, 0) is 39.3 Å². The Balaban J connectivity index is 1.68. The maximum absolute atomic E-state index is 9.16. The molecule has 2 fully saturated rings. The number of aryl methyl sites for hydroxylation is 1. The van der Waals surface area contributed by atoms with Crippen LogP contribution in [0.1, 0.15) is 30.5 Å². The van der Waals surface area contributed by atoms with E-state index in [2.05, 4.69) is 19.8 Å². The van der Waals surface area contributed by atoms with E-state index in [1.54, 1.807) is 6.20 Å². The molecule has 0 radical (unpaired) electrons. The number of rotatable bonds is 3. The van der Waals surface area contributed by atoms with Crippen molar-refractivity contribution in [1.82, 2.24) is 14.9 Å². The first-order chi connectivity index (χ1) is 9.28. The molecule has 2 aliphatic rings. The van der Waals surface area contributed by atoms with Crippen LogP contribution in [-0.4, -0.2) is 52.2 Å². The van der Waals surface area contributed by atoms with Crippen molar-refractivity contribution in [3.8, 4) is 0 Å². The maximum Gasteiger partial charge on any atom is 0.225 e. The van der Waals surface area contributed by atoms with Gasteiger partial charge in [0, 0.05) is 36.6 Å². The minimum Gasteiger partial charge on any atom is -0.392 e. The minimum atomic E-state index is 0.0164. The lowest BCUT2D eigenvalue weighted by Crippen LogP contribution is -2.35. The smallest absolute Gasteiger partial charge is 0.225 e. The largest absolute Gasteiger partial charge is 0.392 e. The molecule has 1 aromatic heterocycles. The molecule has 0 spiro atoms. The van der Waals surface area contributed by atoms with Crippen molar-refractivity contribution < 1.29 is 5.11 Å². The molecule has 2 saturated heterocycles. The first-order valence-corrected chi connectivity index (χ1v) is 7.20. The van der Waals surface area contributed by atoms with Gasteiger partial charge in [-0.25, -0.2) is 9.97 Å². The second-order valence-corrected chi connectivity index (χ2v) is 5.57. The van der Waals surface area contributed by atoms with Crippen molar-refractivity contribution in [3.63, 3.8) is 0 Å². The van der Waals surface area contributed by atoms with E-state index in [0.29, 0.717) is 6.04 Å². The van der Waals surface area contributed by atoms with Gasteiger partial charge in [0.15, 0.2) is 0 Å². The SMILES string of the molecule is Cc1nc(N2CCC(N3CCCC3)C2)ncc1CO. The van der Waals surface area contributed by atoms with Crippen molar-refractivity contribution in [2.24, 2.45) is 0 Å². The van der Waals surface area contributed by atoms with Crippen LogP contribution < -0.4 is 4.90 Å². The maximum atomic E-state index is 9.16. The van der Waals surface area contributed by atoms with Gasteiger partial charge in [-0.2, -0.15) is 0 Å². The van der Waals surface area contributed by atoms with Gasteiger partial charge < -0.3 is 10.0 Å². The normalized spacial score (nSPS) is 24.3. The highest BCUT2D eigenvalue weighted by molar-refractivity contribution is 5.34. The second-order valence-electron chi connectivity index (χ2n) is 5.57. The van der Waals surface area contributed by atoms with Crippen LogP contribution in [0.5, 0.6) is 0 Å². The molecule has 1 unspecified atom stereocenters. The first-order valence-electron chi connectivity index (χ1n) is 7.20. The summed E-state index contributed by atoms with van der Waals surface area (Å²) in [7, 11) is 0. The molecular weight excluding hydrogens is 240 g/mol. The van der Waals surface area contributed by atoms with Gasteiger partial charge in [0.1, 0.15) is 0 Å². The number of anilines is 1. The average Bonchev–Trinajstić information content (AvgIpc) is 3.09.